The SMILES string of the molecule is CCCCC(CC)NC(=O)OC(C)(C)C.CCOC(=O)c1csc(CC)n1. The fourth-order valence-corrected chi connectivity index (χ4v) is 2.79. The van der Waals surface area contributed by atoms with Crippen molar-refractivity contribution >= 4 is 23.4 Å². The first kappa shape index (κ1) is 25.4. The van der Waals surface area contributed by atoms with Crippen LogP contribution in [-0.2, 0) is 15.9 Å². The van der Waals surface area contributed by atoms with E-state index < -0.39 is 5.60 Å². The van der Waals surface area contributed by atoms with E-state index in [-0.39, 0.29) is 18.1 Å². The zero-order chi connectivity index (χ0) is 20.9. The molecule has 7 heteroatoms. The standard InChI is InChI=1S/C12H25NO2.C8H11NO2S/c1-6-8-9-10(7-2)13-11(14)15-12(3,4)5;1-3-7-9-6(5-12-7)8(10)11-4-2/h10H,6-9H2,1-5H3,(H,13,14);5H,3-4H2,1-2H3. The van der Waals surface area contributed by atoms with Gasteiger partial charge >= 0.3 is 12.1 Å². The molecule has 1 amide bonds. The Balaban J connectivity index is 0.000000511. The Labute approximate surface area is 168 Å². The predicted molar refractivity (Wildman–Crippen MR) is 110 cm³/mol. The van der Waals surface area contributed by atoms with Crippen molar-refractivity contribution < 1.29 is 19.1 Å². The second-order valence-corrected chi connectivity index (χ2v) is 8.04. The highest BCUT2D eigenvalue weighted by Crippen LogP contribution is 2.11. The third kappa shape index (κ3) is 12.4. The molecule has 1 aromatic rings. The normalized spacial score (nSPS) is 11.8. The van der Waals surface area contributed by atoms with Gasteiger partial charge in [0.1, 0.15) is 5.60 Å². The topological polar surface area (TPSA) is 77.5 Å². The van der Waals surface area contributed by atoms with Crippen molar-refractivity contribution in [2.45, 2.75) is 92.2 Å². The maximum Gasteiger partial charge on any atom is 0.407 e. The number of rotatable bonds is 8. The van der Waals surface area contributed by atoms with Crippen LogP contribution in [0.25, 0.3) is 0 Å². The smallest absolute Gasteiger partial charge is 0.407 e. The maximum atomic E-state index is 11.5. The van der Waals surface area contributed by atoms with Crippen LogP contribution in [0, 0.1) is 0 Å². The van der Waals surface area contributed by atoms with Gasteiger partial charge in [0.2, 0.25) is 0 Å². The summed E-state index contributed by atoms with van der Waals surface area (Å²) in [6.07, 6.45) is 4.86. The van der Waals surface area contributed by atoms with E-state index >= 15 is 0 Å². The van der Waals surface area contributed by atoms with Crippen molar-refractivity contribution in [2.75, 3.05) is 6.61 Å². The van der Waals surface area contributed by atoms with Crippen molar-refractivity contribution in [2.24, 2.45) is 0 Å². The average molecular weight is 401 g/mol. The number of hydrogen-bond acceptors (Lipinski definition) is 6. The third-order valence-electron chi connectivity index (χ3n) is 3.46. The van der Waals surface area contributed by atoms with Crippen molar-refractivity contribution in [3.8, 4) is 0 Å². The van der Waals surface area contributed by atoms with Crippen LogP contribution in [-0.4, -0.2) is 35.3 Å². The molecule has 0 aliphatic rings. The van der Waals surface area contributed by atoms with Crippen LogP contribution in [0.3, 0.4) is 0 Å². The van der Waals surface area contributed by atoms with Crippen LogP contribution in [0.15, 0.2) is 5.38 Å². The number of esters is 1. The molecule has 1 unspecified atom stereocenters. The van der Waals surface area contributed by atoms with E-state index in [0.29, 0.717) is 12.3 Å². The van der Waals surface area contributed by atoms with Crippen molar-refractivity contribution in [1.29, 1.82) is 0 Å². The second kappa shape index (κ2) is 13.5. The predicted octanol–water partition coefficient (Wildman–Crippen LogP) is 5.36. The first-order chi connectivity index (χ1) is 12.7. The molecule has 1 heterocycles. The molecule has 27 heavy (non-hydrogen) atoms. The minimum atomic E-state index is -0.410. The number of amides is 1. The fraction of sp³-hybridized carbons (Fsp3) is 0.750. The van der Waals surface area contributed by atoms with E-state index in [4.69, 9.17) is 9.47 Å². The summed E-state index contributed by atoms with van der Waals surface area (Å²) < 4.78 is 9.99. The quantitative estimate of drug-likeness (QED) is 0.594. The largest absolute Gasteiger partial charge is 0.461 e. The summed E-state index contributed by atoms with van der Waals surface area (Å²) in [5.41, 5.74) is 0.0198. The van der Waals surface area contributed by atoms with Gasteiger partial charge in [-0.05, 0) is 47.0 Å². The Hall–Kier alpha value is -1.63. The van der Waals surface area contributed by atoms with Crippen LogP contribution >= 0.6 is 11.3 Å². The minimum absolute atomic E-state index is 0.250. The van der Waals surface area contributed by atoms with Gasteiger partial charge in [-0.15, -0.1) is 11.3 Å². The van der Waals surface area contributed by atoms with Gasteiger partial charge in [-0.3, -0.25) is 0 Å². The Morgan fingerprint density at radius 1 is 1.22 bits per heavy atom. The van der Waals surface area contributed by atoms with Crippen LogP contribution in [0.4, 0.5) is 4.79 Å². The molecule has 156 valence electrons. The molecule has 1 N–H and O–H groups in total. The number of alkyl carbamates (subject to hydrolysis) is 1. The molecule has 0 fully saturated rings. The summed E-state index contributed by atoms with van der Waals surface area (Å²) in [5.74, 6) is -0.326. The van der Waals surface area contributed by atoms with Crippen molar-refractivity contribution in [3.63, 3.8) is 0 Å². The summed E-state index contributed by atoms with van der Waals surface area (Å²) in [6, 6.07) is 0.250. The lowest BCUT2D eigenvalue weighted by Gasteiger charge is -2.23. The van der Waals surface area contributed by atoms with Gasteiger partial charge in [-0.25, -0.2) is 14.6 Å². The summed E-state index contributed by atoms with van der Waals surface area (Å²) in [6.45, 7) is 14.0. The molecule has 1 aromatic heterocycles. The Kier molecular flexibility index (Phi) is 12.7. The Bertz CT molecular complexity index is 552. The Morgan fingerprint density at radius 3 is 2.33 bits per heavy atom. The van der Waals surface area contributed by atoms with Crippen LogP contribution < -0.4 is 5.32 Å². The molecule has 0 bridgehead atoms. The number of aromatic nitrogens is 1. The molecule has 0 spiro atoms. The summed E-state index contributed by atoms with van der Waals surface area (Å²) in [4.78, 5) is 26.6. The number of ether oxygens (including phenoxy) is 2. The number of carbonyl (C=O) groups is 2. The first-order valence-electron chi connectivity index (χ1n) is 9.77. The van der Waals surface area contributed by atoms with Gasteiger partial charge < -0.3 is 14.8 Å². The molecule has 0 aliphatic heterocycles. The molecule has 0 aromatic carbocycles. The second-order valence-electron chi connectivity index (χ2n) is 7.09. The number of nitrogens with zero attached hydrogens (tertiary/aromatic N) is 1. The van der Waals surface area contributed by atoms with E-state index in [1.165, 1.54) is 11.3 Å². The molecule has 1 atom stereocenters. The monoisotopic (exact) mass is 400 g/mol. The van der Waals surface area contributed by atoms with Gasteiger partial charge in [0.25, 0.3) is 0 Å². The third-order valence-corrected chi connectivity index (χ3v) is 4.45. The highest BCUT2D eigenvalue weighted by molar-refractivity contribution is 7.09. The summed E-state index contributed by atoms with van der Waals surface area (Å²) in [7, 11) is 0. The van der Waals surface area contributed by atoms with E-state index in [2.05, 4.69) is 24.1 Å². The highest BCUT2D eigenvalue weighted by Gasteiger charge is 2.18. The minimum Gasteiger partial charge on any atom is -0.461 e. The van der Waals surface area contributed by atoms with Gasteiger partial charge in [0.15, 0.2) is 5.69 Å². The molecular formula is C20H36N2O4S. The summed E-state index contributed by atoms with van der Waals surface area (Å²) in [5, 5.41) is 5.60. The van der Waals surface area contributed by atoms with Crippen LogP contribution in [0.1, 0.15) is 89.6 Å². The highest BCUT2D eigenvalue weighted by atomic mass is 32.1. The van der Waals surface area contributed by atoms with E-state index in [0.717, 1.165) is 37.1 Å². The van der Waals surface area contributed by atoms with E-state index in [9.17, 15) is 9.59 Å². The van der Waals surface area contributed by atoms with Gasteiger partial charge in [0.05, 0.1) is 11.6 Å². The van der Waals surface area contributed by atoms with Crippen molar-refractivity contribution in [1.82, 2.24) is 10.3 Å². The number of nitrogens with one attached hydrogen (secondary N) is 1. The maximum absolute atomic E-state index is 11.5. The Morgan fingerprint density at radius 2 is 1.89 bits per heavy atom. The molecule has 6 nitrogen and oxygen atoms in total. The lowest BCUT2D eigenvalue weighted by molar-refractivity contribution is 0.0495. The van der Waals surface area contributed by atoms with E-state index in [1.807, 2.05) is 27.7 Å². The van der Waals surface area contributed by atoms with Gasteiger partial charge in [-0.2, -0.15) is 0 Å². The average Bonchev–Trinajstić information content (AvgIpc) is 3.07. The molecule has 1 rings (SSSR count). The number of carbonyl (C=O) groups excluding carboxylic acids is 2. The molecular weight excluding hydrogens is 364 g/mol. The van der Waals surface area contributed by atoms with Gasteiger partial charge in [-0.1, -0.05) is 33.6 Å². The zero-order valence-corrected chi connectivity index (χ0v) is 18.7. The molecule has 0 aliphatic carbocycles. The van der Waals surface area contributed by atoms with Gasteiger partial charge in [0, 0.05) is 11.4 Å². The van der Waals surface area contributed by atoms with Crippen LogP contribution in [0.2, 0.25) is 0 Å². The fourth-order valence-electron chi connectivity index (χ4n) is 2.08. The first-order valence-corrected chi connectivity index (χ1v) is 10.7. The van der Waals surface area contributed by atoms with Crippen LogP contribution in [0.5, 0.6) is 0 Å². The number of aryl methyl sites for hydroxylation is 1. The van der Waals surface area contributed by atoms with Crippen molar-refractivity contribution in [3.05, 3.63) is 16.1 Å². The summed E-state index contributed by atoms with van der Waals surface area (Å²) >= 11 is 1.49. The zero-order valence-electron chi connectivity index (χ0n) is 17.9. The van der Waals surface area contributed by atoms with E-state index in [1.54, 1.807) is 12.3 Å². The number of thiazole rings is 1. The lowest BCUT2D eigenvalue weighted by atomic mass is 10.1. The molecule has 0 saturated heterocycles. The molecule has 0 saturated carbocycles. The molecule has 0 radical (unpaired) electrons. The lowest BCUT2D eigenvalue weighted by Crippen LogP contribution is -2.38. The number of hydrogen-bond donors (Lipinski definition) is 1. The number of unbranched alkanes of at least 4 members (excludes halogenated alkanes) is 1.